The van der Waals surface area contributed by atoms with Crippen LogP contribution in [0, 0.1) is 22.7 Å². The molecule has 0 aromatic carbocycles. The molecule has 0 aliphatic heterocycles. The molecule has 84 valence electrons. The van der Waals surface area contributed by atoms with E-state index in [1.165, 1.54) is 32.1 Å². The van der Waals surface area contributed by atoms with Crippen LogP contribution in [-0.4, -0.2) is 0 Å². The molecular weight excluding hydrogens is 180 g/mol. The van der Waals surface area contributed by atoms with Crippen LogP contribution >= 0.6 is 0 Å². The van der Waals surface area contributed by atoms with Gasteiger partial charge in [-0.1, -0.05) is 38.8 Å². The maximum Gasteiger partial charge on any atom is -0.00895 e. The first-order valence-corrected chi connectivity index (χ1v) is 6.66. The highest BCUT2D eigenvalue weighted by Crippen LogP contribution is 2.67. The molecule has 0 aromatic heterocycles. The Kier molecular flexibility index (Phi) is 1.79. The van der Waals surface area contributed by atoms with E-state index >= 15 is 0 Å². The lowest BCUT2D eigenvalue weighted by Gasteiger charge is -2.36. The number of hydrogen-bond donors (Lipinski definition) is 0. The van der Waals surface area contributed by atoms with Crippen molar-refractivity contribution in [2.24, 2.45) is 22.7 Å². The highest BCUT2D eigenvalue weighted by Gasteiger charge is 2.56. The van der Waals surface area contributed by atoms with Crippen molar-refractivity contribution in [1.82, 2.24) is 0 Å². The molecule has 0 spiro atoms. The van der Waals surface area contributed by atoms with Gasteiger partial charge in [-0.3, -0.25) is 0 Å². The van der Waals surface area contributed by atoms with Crippen LogP contribution in [0.4, 0.5) is 0 Å². The molecule has 0 radical (unpaired) electrons. The summed E-state index contributed by atoms with van der Waals surface area (Å²) < 4.78 is 0. The predicted molar refractivity (Wildman–Crippen MR) is 64.7 cm³/mol. The van der Waals surface area contributed by atoms with Crippen LogP contribution in [0.25, 0.3) is 0 Å². The van der Waals surface area contributed by atoms with Gasteiger partial charge >= 0.3 is 0 Å². The van der Waals surface area contributed by atoms with Gasteiger partial charge in [0.15, 0.2) is 0 Å². The highest BCUT2D eigenvalue weighted by atomic mass is 14.6. The standard InChI is InChI=1S/C15H24/c1-10-5-6-11-9-15(4)8-7-14(2,3)13(15)12(10)11/h10,13H,5-9H2,1-4H3/t10-,13?,15?/m0/s1. The van der Waals surface area contributed by atoms with E-state index in [2.05, 4.69) is 27.7 Å². The Morgan fingerprint density at radius 1 is 1.13 bits per heavy atom. The summed E-state index contributed by atoms with van der Waals surface area (Å²) in [4.78, 5) is 0. The zero-order valence-electron chi connectivity index (χ0n) is 10.7. The average Bonchev–Trinajstić information content (AvgIpc) is 2.67. The highest BCUT2D eigenvalue weighted by molar-refractivity contribution is 5.36. The second-order valence-corrected chi connectivity index (χ2v) is 7.25. The van der Waals surface area contributed by atoms with Crippen LogP contribution in [0.2, 0.25) is 0 Å². The molecule has 3 aliphatic carbocycles. The fraction of sp³-hybridized carbons (Fsp3) is 0.867. The van der Waals surface area contributed by atoms with Crippen LogP contribution < -0.4 is 0 Å². The fourth-order valence-electron chi connectivity index (χ4n) is 5.03. The van der Waals surface area contributed by atoms with Crippen molar-refractivity contribution in [1.29, 1.82) is 0 Å². The molecule has 0 amide bonds. The molecule has 3 aliphatic rings. The SMILES string of the molecule is C[C@H]1CCC2=C1C1C(C)(C)CCC1(C)C2. The first kappa shape index (κ1) is 9.93. The zero-order chi connectivity index (χ0) is 10.8. The zero-order valence-corrected chi connectivity index (χ0v) is 10.7. The minimum absolute atomic E-state index is 0.574. The van der Waals surface area contributed by atoms with E-state index in [4.69, 9.17) is 0 Å². The second-order valence-electron chi connectivity index (χ2n) is 7.25. The Morgan fingerprint density at radius 3 is 2.60 bits per heavy atom. The quantitative estimate of drug-likeness (QED) is 0.507. The van der Waals surface area contributed by atoms with E-state index in [-0.39, 0.29) is 0 Å². The van der Waals surface area contributed by atoms with Crippen LogP contribution in [0.5, 0.6) is 0 Å². The van der Waals surface area contributed by atoms with Gasteiger partial charge in [0.25, 0.3) is 0 Å². The van der Waals surface area contributed by atoms with E-state index in [0.29, 0.717) is 10.8 Å². The van der Waals surface area contributed by atoms with Gasteiger partial charge in [0.1, 0.15) is 0 Å². The Bertz CT molecular complexity index is 334. The summed E-state index contributed by atoms with van der Waals surface area (Å²) >= 11 is 0. The Morgan fingerprint density at radius 2 is 1.87 bits per heavy atom. The number of rotatable bonds is 0. The molecule has 0 bridgehead atoms. The minimum atomic E-state index is 0.574. The minimum Gasteiger partial charge on any atom is -0.0698 e. The summed E-state index contributed by atoms with van der Waals surface area (Å²) in [5, 5.41) is 0. The molecule has 0 N–H and O–H groups in total. The molecule has 2 unspecified atom stereocenters. The van der Waals surface area contributed by atoms with E-state index in [1.807, 2.05) is 11.1 Å². The summed E-state index contributed by atoms with van der Waals surface area (Å²) in [5.41, 5.74) is 4.98. The Labute approximate surface area is 94.1 Å². The lowest BCUT2D eigenvalue weighted by Crippen LogP contribution is -2.29. The largest absolute Gasteiger partial charge is 0.0698 e. The smallest absolute Gasteiger partial charge is 0.00895 e. The number of hydrogen-bond acceptors (Lipinski definition) is 0. The van der Waals surface area contributed by atoms with Crippen LogP contribution in [0.15, 0.2) is 11.1 Å². The third-order valence-electron chi connectivity index (χ3n) is 5.57. The third-order valence-corrected chi connectivity index (χ3v) is 5.57. The van der Waals surface area contributed by atoms with Gasteiger partial charge < -0.3 is 0 Å². The molecule has 0 aromatic rings. The van der Waals surface area contributed by atoms with Crippen LogP contribution in [-0.2, 0) is 0 Å². The fourth-order valence-corrected chi connectivity index (χ4v) is 5.03. The summed E-state index contributed by atoms with van der Waals surface area (Å²) in [6, 6.07) is 0. The lowest BCUT2D eigenvalue weighted by molar-refractivity contribution is 0.185. The van der Waals surface area contributed by atoms with Gasteiger partial charge in [0.05, 0.1) is 0 Å². The molecule has 1 saturated carbocycles. The average molecular weight is 204 g/mol. The Balaban J connectivity index is 2.06. The van der Waals surface area contributed by atoms with Gasteiger partial charge in [0, 0.05) is 0 Å². The molecule has 0 saturated heterocycles. The van der Waals surface area contributed by atoms with Gasteiger partial charge in [-0.2, -0.15) is 0 Å². The van der Waals surface area contributed by atoms with Crippen molar-refractivity contribution >= 4 is 0 Å². The normalized spacial score (nSPS) is 47.2. The molecule has 0 heteroatoms. The van der Waals surface area contributed by atoms with Crippen molar-refractivity contribution in [3.05, 3.63) is 11.1 Å². The lowest BCUT2D eigenvalue weighted by atomic mass is 9.68. The van der Waals surface area contributed by atoms with E-state index in [1.54, 1.807) is 0 Å². The van der Waals surface area contributed by atoms with Crippen molar-refractivity contribution < 1.29 is 0 Å². The molecule has 3 rings (SSSR count). The molecule has 3 atom stereocenters. The summed E-state index contributed by atoms with van der Waals surface area (Å²) in [6.07, 6.45) is 7.19. The predicted octanol–water partition coefficient (Wildman–Crippen LogP) is 4.56. The second kappa shape index (κ2) is 2.70. The first-order valence-electron chi connectivity index (χ1n) is 6.66. The topological polar surface area (TPSA) is 0 Å². The number of allylic oxidation sites excluding steroid dienone is 2. The maximum atomic E-state index is 2.55. The van der Waals surface area contributed by atoms with Gasteiger partial charge in [-0.05, 0) is 54.8 Å². The van der Waals surface area contributed by atoms with E-state index in [0.717, 1.165) is 11.8 Å². The summed E-state index contributed by atoms with van der Waals surface area (Å²) in [6.45, 7) is 10.0. The number of fused-ring (bicyclic) bond motifs is 2. The van der Waals surface area contributed by atoms with Crippen LogP contribution in [0.3, 0.4) is 0 Å². The Hall–Kier alpha value is -0.260. The molecule has 1 fully saturated rings. The summed E-state index contributed by atoms with van der Waals surface area (Å²) in [7, 11) is 0. The van der Waals surface area contributed by atoms with E-state index < -0.39 is 0 Å². The molecule has 0 heterocycles. The third kappa shape index (κ3) is 1.14. The van der Waals surface area contributed by atoms with Gasteiger partial charge in [0.2, 0.25) is 0 Å². The van der Waals surface area contributed by atoms with Crippen LogP contribution in [0.1, 0.15) is 59.8 Å². The van der Waals surface area contributed by atoms with Crippen molar-refractivity contribution in [3.63, 3.8) is 0 Å². The van der Waals surface area contributed by atoms with Gasteiger partial charge in [-0.25, -0.2) is 0 Å². The van der Waals surface area contributed by atoms with Crippen molar-refractivity contribution in [2.75, 3.05) is 0 Å². The molecule has 0 nitrogen and oxygen atoms in total. The van der Waals surface area contributed by atoms with Crippen molar-refractivity contribution in [2.45, 2.75) is 59.8 Å². The molecule has 15 heavy (non-hydrogen) atoms. The first-order chi connectivity index (χ1) is 6.94. The maximum absolute atomic E-state index is 2.55. The van der Waals surface area contributed by atoms with E-state index in [9.17, 15) is 0 Å². The van der Waals surface area contributed by atoms with Gasteiger partial charge in [-0.15, -0.1) is 0 Å². The van der Waals surface area contributed by atoms with Crippen molar-refractivity contribution in [3.8, 4) is 0 Å². The molecular formula is C15H24. The summed E-state index contributed by atoms with van der Waals surface area (Å²) in [5.74, 6) is 1.81. The monoisotopic (exact) mass is 204 g/mol.